The van der Waals surface area contributed by atoms with E-state index in [0.717, 1.165) is 6.07 Å². The molecule has 0 aliphatic heterocycles. The van der Waals surface area contributed by atoms with Gasteiger partial charge in [0.15, 0.2) is 0 Å². The van der Waals surface area contributed by atoms with E-state index in [1.165, 1.54) is 19.9 Å². The van der Waals surface area contributed by atoms with E-state index >= 15 is 0 Å². The van der Waals surface area contributed by atoms with Crippen molar-refractivity contribution in [1.29, 1.82) is 0 Å². The first-order valence-electron chi connectivity index (χ1n) is 5.32. The predicted octanol–water partition coefficient (Wildman–Crippen LogP) is 0.887. The second kappa shape index (κ2) is 5.34. The summed E-state index contributed by atoms with van der Waals surface area (Å²) in [7, 11) is 0. The molecule has 102 valence electrons. The number of carboxylic acid groups (broad SMARTS) is 1. The lowest BCUT2D eigenvalue weighted by molar-refractivity contribution is -0.385. The third-order valence-electron chi connectivity index (χ3n) is 2.62. The minimum Gasteiger partial charge on any atom is -0.478 e. The highest BCUT2D eigenvalue weighted by Gasteiger charge is 2.20. The number of benzene rings is 1. The van der Waals surface area contributed by atoms with Crippen LogP contribution in [0.15, 0.2) is 12.1 Å². The van der Waals surface area contributed by atoms with Gasteiger partial charge in [-0.3, -0.25) is 14.9 Å². The Bertz CT molecular complexity index is 556. The number of aromatic carboxylic acids is 1. The molecule has 8 heteroatoms. The van der Waals surface area contributed by atoms with Crippen molar-refractivity contribution >= 4 is 23.3 Å². The van der Waals surface area contributed by atoms with Crippen molar-refractivity contribution in [2.75, 3.05) is 5.32 Å². The van der Waals surface area contributed by atoms with Crippen LogP contribution in [0.2, 0.25) is 0 Å². The molecule has 1 atom stereocenters. The number of nitrogens with zero attached hydrogens (tertiary/aromatic N) is 1. The third-order valence-corrected chi connectivity index (χ3v) is 2.62. The van der Waals surface area contributed by atoms with E-state index in [1.807, 2.05) is 0 Å². The Morgan fingerprint density at radius 2 is 2.05 bits per heavy atom. The molecule has 1 unspecified atom stereocenters. The zero-order chi connectivity index (χ0) is 14.7. The van der Waals surface area contributed by atoms with Gasteiger partial charge >= 0.3 is 5.97 Å². The van der Waals surface area contributed by atoms with E-state index in [0.29, 0.717) is 0 Å². The second-order valence-corrected chi connectivity index (χ2v) is 4.00. The molecule has 0 heterocycles. The van der Waals surface area contributed by atoms with Gasteiger partial charge in [-0.05, 0) is 19.9 Å². The Balaban J connectivity index is 3.33. The maximum absolute atomic E-state index is 11.0. The van der Waals surface area contributed by atoms with Gasteiger partial charge in [-0.2, -0.15) is 0 Å². The largest absolute Gasteiger partial charge is 0.478 e. The van der Waals surface area contributed by atoms with Crippen LogP contribution in [0.25, 0.3) is 0 Å². The molecule has 0 saturated carbocycles. The van der Waals surface area contributed by atoms with Crippen LogP contribution < -0.4 is 11.1 Å². The average molecular weight is 267 g/mol. The van der Waals surface area contributed by atoms with E-state index in [1.54, 1.807) is 0 Å². The van der Waals surface area contributed by atoms with Gasteiger partial charge in [0.2, 0.25) is 5.91 Å². The Labute approximate surface area is 108 Å². The summed E-state index contributed by atoms with van der Waals surface area (Å²) >= 11 is 0. The van der Waals surface area contributed by atoms with Crippen molar-refractivity contribution in [3.05, 3.63) is 33.4 Å². The number of amides is 1. The summed E-state index contributed by atoms with van der Waals surface area (Å²) in [6, 6.07) is 1.42. The molecule has 1 aromatic rings. The number of carboxylic acids is 1. The summed E-state index contributed by atoms with van der Waals surface area (Å²) in [6.45, 7) is 2.93. The molecule has 19 heavy (non-hydrogen) atoms. The highest BCUT2D eigenvalue weighted by Crippen LogP contribution is 2.28. The Morgan fingerprint density at radius 3 is 2.47 bits per heavy atom. The Morgan fingerprint density at radius 1 is 1.47 bits per heavy atom. The molecule has 8 nitrogen and oxygen atoms in total. The standard InChI is InChI=1S/C11H13N3O5/c1-5-8(13-6(2)10(12)15)3-7(11(16)17)4-9(5)14(18)19/h3-4,6,13H,1-2H3,(H2,12,15)(H,16,17). The molecule has 0 aromatic heterocycles. The van der Waals surface area contributed by atoms with Crippen LogP contribution in [-0.2, 0) is 4.79 Å². The van der Waals surface area contributed by atoms with E-state index < -0.39 is 22.8 Å². The zero-order valence-electron chi connectivity index (χ0n) is 10.3. The van der Waals surface area contributed by atoms with Gasteiger partial charge in [0, 0.05) is 17.3 Å². The molecule has 0 radical (unpaired) electrons. The number of rotatable bonds is 5. The molecule has 1 aromatic carbocycles. The number of anilines is 1. The Kier molecular flexibility index (Phi) is 4.05. The van der Waals surface area contributed by atoms with Crippen molar-refractivity contribution in [2.24, 2.45) is 5.73 Å². The third kappa shape index (κ3) is 3.18. The predicted molar refractivity (Wildman–Crippen MR) is 67.1 cm³/mol. The summed E-state index contributed by atoms with van der Waals surface area (Å²) < 4.78 is 0. The lowest BCUT2D eigenvalue weighted by atomic mass is 10.1. The molecule has 0 bridgehead atoms. The highest BCUT2D eigenvalue weighted by molar-refractivity contribution is 5.91. The second-order valence-electron chi connectivity index (χ2n) is 4.00. The summed E-state index contributed by atoms with van der Waals surface area (Å²) in [6.07, 6.45) is 0. The van der Waals surface area contributed by atoms with E-state index in [2.05, 4.69) is 5.32 Å². The number of carbonyl (C=O) groups excluding carboxylic acids is 1. The highest BCUT2D eigenvalue weighted by atomic mass is 16.6. The molecule has 0 aliphatic rings. The lowest BCUT2D eigenvalue weighted by Gasteiger charge is -2.14. The number of hydrogen-bond donors (Lipinski definition) is 3. The van der Waals surface area contributed by atoms with Gasteiger partial charge < -0.3 is 16.2 Å². The van der Waals surface area contributed by atoms with Crippen LogP contribution in [0, 0.1) is 17.0 Å². The zero-order valence-corrected chi connectivity index (χ0v) is 10.3. The van der Waals surface area contributed by atoms with Gasteiger partial charge in [0.05, 0.1) is 10.5 Å². The molecule has 0 saturated heterocycles. The first-order chi connectivity index (χ1) is 8.73. The Hall–Kier alpha value is -2.64. The van der Waals surface area contributed by atoms with Gasteiger partial charge in [-0.25, -0.2) is 4.79 Å². The SMILES string of the molecule is Cc1c(NC(C)C(N)=O)cc(C(=O)O)cc1[N+](=O)[O-]. The van der Waals surface area contributed by atoms with Crippen LogP contribution in [0.4, 0.5) is 11.4 Å². The van der Waals surface area contributed by atoms with Crippen molar-refractivity contribution in [3.63, 3.8) is 0 Å². The molecular weight excluding hydrogens is 254 g/mol. The fourth-order valence-electron chi connectivity index (χ4n) is 1.47. The number of nitrogens with two attached hydrogens (primary N) is 1. The van der Waals surface area contributed by atoms with Gasteiger partial charge in [-0.1, -0.05) is 0 Å². The van der Waals surface area contributed by atoms with Gasteiger partial charge in [-0.15, -0.1) is 0 Å². The van der Waals surface area contributed by atoms with Gasteiger partial charge in [0.25, 0.3) is 5.69 Å². The molecule has 1 amide bonds. The van der Waals surface area contributed by atoms with Crippen molar-refractivity contribution in [1.82, 2.24) is 0 Å². The topological polar surface area (TPSA) is 136 Å². The van der Waals surface area contributed by atoms with Crippen LogP contribution in [0.1, 0.15) is 22.8 Å². The van der Waals surface area contributed by atoms with Crippen LogP contribution in [0.5, 0.6) is 0 Å². The fraction of sp³-hybridized carbons (Fsp3) is 0.273. The van der Waals surface area contributed by atoms with E-state index in [4.69, 9.17) is 10.8 Å². The normalized spacial score (nSPS) is 11.7. The van der Waals surface area contributed by atoms with E-state index in [-0.39, 0.29) is 22.5 Å². The minimum absolute atomic E-state index is 0.193. The van der Waals surface area contributed by atoms with Crippen LogP contribution in [0.3, 0.4) is 0 Å². The summed E-state index contributed by atoms with van der Waals surface area (Å²) in [4.78, 5) is 32.1. The quantitative estimate of drug-likeness (QED) is 0.535. The number of hydrogen-bond acceptors (Lipinski definition) is 5. The number of nitro benzene ring substituents is 1. The number of nitrogens with one attached hydrogen (secondary N) is 1. The van der Waals surface area contributed by atoms with Crippen LogP contribution in [-0.4, -0.2) is 27.9 Å². The smallest absolute Gasteiger partial charge is 0.336 e. The van der Waals surface area contributed by atoms with Gasteiger partial charge in [0.1, 0.15) is 6.04 Å². The monoisotopic (exact) mass is 267 g/mol. The van der Waals surface area contributed by atoms with Crippen molar-refractivity contribution in [3.8, 4) is 0 Å². The maximum atomic E-state index is 11.0. The molecule has 4 N–H and O–H groups in total. The fourth-order valence-corrected chi connectivity index (χ4v) is 1.47. The molecule has 1 rings (SSSR count). The van der Waals surface area contributed by atoms with Crippen LogP contribution >= 0.6 is 0 Å². The average Bonchev–Trinajstić information content (AvgIpc) is 2.30. The van der Waals surface area contributed by atoms with Crippen molar-refractivity contribution in [2.45, 2.75) is 19.9 Å². The van der Waals surface area contributed by atoms with Crippen molar-refractivity contribution < 1.29 is 19.6 Å². The minimum atomic E-state index is -1.29. The molecule has 0 fully saturated rings. The number of primary amides is 1. The number of carbonyl (C=O) groups is 2. The van der Waals surface area contributed by atoms with E-state index in [9.17, 15) is 19.7 Å². The number of nitro groups is 1. The lowest BCUT2D eigenvalue weighted by Crippen LogP contribution is -2.32. The summed E-state index contributed by atoms with van der Waals surface area (Å²) in [5.74, 6) is -1.94. The molecular formula is C11H13N3O5. The summed E-state index contributed by atoms with van der Waals surface area (Å²) in [5, 5.41) is 22.4. The summed E-state index contributed by atoms with van der Waals surface area (Å²) in [5.41, 5.74) is 4.94. The first-order valence-corrected chi connectivity index (χ1v) is 5.32. The maximum Gasteiger partial charge on any atom is 0.336 e. The molecule has 0 spiro atoms. The first kappa shape index (κ1) is 14.4. The molecule has 0 aliphatic carbocycles.